The summed E-state index contributed by atoms with van der Waals surface area (Å²) in [5.41, 5.74) is 0.634. The Bertz CT molecular complexity index is 778. The van der Waals surface area contributed by atoms with Gasteiger partial charge in [-0.1, -0.05) is 6.92 Å². The largest absolute Gasteiger partial charge is 0.464 e. The molecule has 1 aliphatic carbocycles. The summed E-state index contributed by atoms with van der Waals surface area (Å²) < 4.78 is 7.35. The maximum Gasteiger partial charge on any atom is 0.200 e. The molecule has 2 unspecified atom stereocenters. The van der Waals surface area contributed by atoms with Gasteiger partial charge >= 0.3 is 0 Å². The van der Waals surface area contributed by atoms with Crippen molar-refractivity contribution < 1.29 is 4.42 Å². The van der Waals surface area contributed by atoms with Gasteiger partial charge in [0.2, 0.25) is 0 Å². The van der Waals surface area contributed by atoms with Crippen LogP contribution in [0.25, 0.3) is 5.65 Å². The molecule has 0 saturated heterocycles. The van der Waals surface area contributed by atoms with Crippen molar-refractivity contribution in [3.8, 4) is 0 Å². The lowest BCUT2D eigenvalue weighted by molar-refractivity contribution is 0.460. The zero-order valence-electron chi connectivity index (χ0n) is 12.0. The van der Waals surface area contributed by atoms with Crippen LogP contribution in [0.3, 0.4) is 0 Å². The fourth-order valence-corrected chi connectivity index (χ4v) is 2.56. The van der Waals surface area contributed by atoms with Crippen LogP contribution >= 0.6 is 0 Å². The van der Waals surface area contributed by atoms with Crippen LogP contribution in [-0.2, 0) is 6.54 Å². The van der Waals surface area contributed by atoms with Crippen molar-refractivity contribution in [2.75, 3.05) is 11.9 Å². The minimum absolute atomic E-state index is 0.611. The van der Waals surface area contributed by atoms with Crippen molar-refractivity contribution in [1.29, 1.82) is 0 Å². The zero-order chi connectivity index (χ0) is 14.4. The van der Waals surface area contributed by atoms with E-state index >= 15 is 0 Å². The summed E-state index contributed by atoms with van der Waals surface area (Å²) in [4.78, 5) is 2.01. The van der Waals surface area contributed by atoms with Gasteiger partial charge in [-0.25, -0.2) is 0 Å². The van der Waals surface area contributed by atoms with Crippen LogP contribution in [0.5, 0.6) is 0 Å². The number of furan rings is 1. The third kappa shape index (κ3) is 2.24. The maximum atomic E-state index is 5.93. The summed E-state index contributed by atoms with van der Waals surface area (Å²) >= 11 is 0. The van der Waals surface area contributed by atoms with E-state index in [4.69, 9.17) is 4.42 Å². The fourth-order valence-electron chi connectivity index (χ4n) is 2.56. The van der Waals surface area contributed by atoms with Crippen LogP contribution in [0.1, 0.15) is 30.8 Å². The highest BCUT2D eigenvalue weighted by Crippen LogP contribution is 2.47. The molecule has 1 fully saturated rings. The Labute approximate surface area is 121 Å². The Morgan fingerprint density at radius 3 is 3.00 bits per heavy atom. The minimum atomic E-state index is 0.611. The number of hydrogen-bond acceptors (Lipinski definition) is 6. The monoisotopic (exact) mass is 284 g/mol. The van der Waals surface area contributed by atoms with E-state index in [1.165, 1.54) is 11.1 Å². The minimum Gasteiger partial charge on any atom is -0.464 e. The molecule has 108 valence electrons. The topological polar surface area (TPSA) is 72.4 Å². The van der Waals surface area contributed by atoms with Gasteiger partial charge in [0, 0.05) is 13.0 Å². The number of aromatic nitrogens is 5. The second kappa shape index (κ2) is 4.54. The second-order valence-electron chi connectivity index (χ2n) is 5.70. The molecule has 7 heteroatoms. The van der Waals surface area contributed by atoms with E-state index in [-0.39, 0.29) is 0 Å². The van der Waals surface area contributed by atoms with E-state index in [0.717, 1.165) is 23.3 Å². The highest BCUT2D eigenvalue weighted by Gasteiger charge is 2.36. The molecular weight excluding hydrogens is 268 g/mol. The summed E-state index contributed by atoms with van der Waals surface area (Å²) in [5, 5.41) is 15.6. The van der Waals surface area contributed by atoms with Gasteiger partial charge < -0.3 is 9.32 Å². The van der Waals surface area contributed by atoms with Crippen LogP contribution in [0.2, 0.25) is 0 Å². The summed E-state index contributed by atoms with van der Waals surface area (Å²) in [6.45, 7) is 2.92. The van der Waals surface area contributed by atoms with Gasteiger partial charge in [0.1, 0.15) is 11.5 Å². The average molecular weight is 284 g/mol. The third-order valence-electron chi connectivity index (χ3n) is 4.00. The molecule has 21 heavy (non-hydrogen) atoms. The van der Waals surface area contributed by atoms with E-state index in [1.807, 2.05) is 30.1 Å². The van der Waals surface area contributed by atoms with E-state index in [9.17, 15) is 0 Å². The van der Waals surface area contributed by atoms with Gasteiger partial charge in [0.25, 0.3) is 0 Å². The van der Waals surface area contributed by atoms with Crippen molar-refractivity contribution in [3.05, 3.63) is 35.8 Å². The molecule has 3 aromatic heterocycles. The standard InChI is InChI=1S/C14H16N6O/c1-9-7-11(9)12-4-3-10(21-12)8-19(2)14-6-5-13-15-17-18-20(13)16-14/h3-6,9,11H,7-8H2,1-2H3. The van der Waals surface area contributed by atoms with E-state index < -0.39 is 0 Å². The first-order valence-electron chi connectivity index (χ1n) is 7.06. The second-order valence-corrected chi connectivity index (χ2v) is 5.70. The maximum absolute atomic E-state index is 5.93. The quantitative estimate of drug-likeness (QED) is 0.728. The first-order valence-corrected chi connectivity index (χ1v) is 7.06. The SMILES string of the molecule is CC1CC1c1ccc(CN(C)c2ccc3nnnn3n2)o1. The molecule has 1 aliphatic rings. The van der Waals surface area contributed by atoms with Gasteiger partial charge in [-0.2, -0.15) is 0 Å². The number of fused-ring (bicyclic) bond motifs is 1. The first-order chi connectivity index (χ1) is 10.2. The Hall–Kier alpha value is -2.44. The molecule has 2 atom stereocenters. The first kappa shape index (κ1) is 12.3. The molecule has 0 N–H and O–H groups in total. The third-order valence-corrected chi connectivity index (χ3v) is 4.00. The highest BCUT2D eigenvalue weighted by atomic mass is 16.3. The highest BCUT2D eigenvalue weighted by molar-refractivity contribution is 5.43. The van der Waals surface area contributed by atoms with Crippen molar-refractivity contribution in [2.45, 2.75) is 25.8 Å². The summed E-state index contributed by atoms with van der Waals surface area (Å²) in [7, 11) is 1.97. The van der Waals surface area contributed by atoms with Crippen molar-refractivity contribution in [1.82, 2.24) is 25.3 Å². The lowest BCUT2D eigenvalue weighted by atomic mass is 10.3. The van der Waals surface area contributed by atoms with E-state index in [1.54, 1.807) is 0 Å². The van der Waals surface area contributed by atoms with Gasteiger partial charge in [-0.15, -0.1) is 14.8 Å². The molecule has 7 nitrogen and oxygen atoms in total. The number of hydrogen-bond donors (Lipinski definition) is 0. The Morgan fingerprint density at radius 2 is 2.19 bits per heavy atom. The van der Waals surface area contributed by atoms with Crippen LogP contribution < -0.4 is 4.90 Å². The number of nitrogens with zero attached hydrogens (tertiary/aromatic N) is 6. The summed E-state index contributed by atoms with van der Waals surface area (Å²) in [6, 6.07) is 7.89. The molecule has 0 bridgehead atoms. The van der Waals surface area contributed by atoms with Crippen molar-refractivity contribution >= 4 is 11.5 Å². The normalized spacial score (nSPS) is 20.9. The molecule has 0 radical (unpaired) electrons. The van der Waals surface area contributed by atoms with Gasteiger partial charge in [0.15, 0.2) is 11.5 Å². The van der Waals surface area contributed by atoms with Crippen LogP contribution in [0, 0.1) is 5.92 Å². The molecule has 0 amide bonds. The van der Waals surface area contributed by atoms with E-state index in [2.05, 4.69) is 33.6 Å². The zero-order valence-corrected chi connectivity index (χ0v) is 12.0. The molecule has 0 aromatic carbocycles. The fraction of sp³-hybridized carbons (Fsp3) is 0.429. The van der Waals surface area contributed by atoms with Crippen LogP contribution in [0.4, 0.5) is 5.82 Å². The van der Waals surface area contributed by atoms with Crippen molar-refractivity contribution in [2.24, 2.45) is 5.92 Å². The lowest BCUT2D eigenvalue weighted by Crippen LogP contribution is -2.18. The smallest absolute Gasteiger partial charge is 0.200 e. The van der Waals surface area contributed by atoms with Gasteiger partial charge in [-0.3, -0.25) is 0 Å². The van der Waals surface area contributed by atoms with Crippen LogP contribution in [-0.4, -0.2) is 32.3 Å². The summed E-state index contributed by atoms with van der Waals surface area (Å²) in [6.07, 6.45) is 1.24. The van der Waals surface area contributed by atoms with Gasteiger partial charge in [0.05, 0.1) is 6.54 Å². The number of anilines is 1. The molecule has 0 aliphatic heterocycles. The predicted octanol–water partition coefficient (Wildman–Crippen LogP) is 1.87. The molecule has 3 heterocycles. The Morgan fingerprint density at radius 1 is 1.33 bits per heavy atom. The number of rotatable bonds is 4. The van der Waals surface area contributed by atoms with Crippen LogP contribution in [0.15, 0.2) is 28.7 Å². The van der Waals surface area contributed by atoms with Gasteiger partial charge in [-0.05, 0) is 47.0 Å². The number of tetrazole rings is 1. The van der Waals surface area contributed by atoms with Crippen molar-refractivity contribution in [3.63, 3.8) is 0 Å². The lowest BCUT2D eigenvalue weighted by Gasteiger charge is -2.15. The van der Waals surface area contributed by atoms with E-state index in [0.29, 0.717) is 18.1 Å². The predicted molar refractivity (Wildman–Crippen MR) is 75.9 cm³/mol. The molecule has 1 saturated carbocycles. The molecule has 0 spiro atoms. The molecular formula is C14H16N6O. The Kier molecular flexibility index (Phi) is 2.66. The molecule has 3 aromatic rings. The molecule has 4 rings (SSSR count). The average Bonchev–Trinajstić information content (AvgIpc) is 2.92. The Balaban J connectivity index is 1.51. The summed E-state index contributed by atoms with van der Waals surface area (Å²) in [5.74, 6) is 4.22.